The number of halogens is 1. The van der Waals surface area contributed by atoms with Crippen LogP contribution in [0.15, 0.2) is 30.6 Å². The summed E-state index contributed by atoms with van der Waals surface area (Å²) in [5.74, 6) is 1.32. The van der Waals surface area contributed by atoms with E-state index in [1.54, 1.807) is 30.6 Å². The number of hydrogen-bond acceptors (Lipinski definition) is 5. The summed E-state index contributed by atoms with van der Waals surface area (Å²) >= 11 is 5.65. The van der Waals surface area contributed by atoms with Gasteiger partial charge in [0.1, 0.15) is 11.5 Å². The molecule has 0 saturated heterocycles. The van der Waals surface area contributed by atoms with E-state index in [0.717, 1.165) is 5.56 Å². The summed E-state index contributed by atoms with van der Waals surface area (Å²) in [4.78, 5) is 8.03. The van der Waals surface area contributed by atoms with Gasteiger partial charge in [-0.05, 0) is 12.1 Å². The standard InChI is InChI=1S/C13H10ClN3O2/c1-18-11-2-9(6-15)3-12(4-11)19-13-16-7-10(5-14)8-17-13/h2-4,7-8H,5H2,1H3. The van der Waals surface area contributed by atoms with Crippen LogP contribution in [0.2, 0.25) is 0 Å². The zero-order chi connectivity index (χ0) is 13.7. The summed E-state index contributed by atoms with van der Waals surface area (Å²) in [6, 6.07) is 7.07. The van der Waals surface area contributed by atoms with Crippen LogP contribution in [0.25, 0.3) is 0 Å². The van der Waals surface area contributed by atoms with Gasteiger partial charge in [0.2, 0.25) is 0 Å². The van der Waals surface area contributed by atoms with Crippen LogP contribution in [0.3, 0.4) is 0 Å². The third-order valence-corrected chi connectivity index (χ3v) is 2.60. The first-order chi connectivity index (χ1) is 9.25. The molecule has 0 atom stereocenters. The Morgan fingerprint density at radius 3 is 2.47 bits per heavy atom. The number of ether oxygens (including phenoxy) is 2. The molecule has 0 radical (unpaired) electrons. The van der Waals surface area contributed by atoms with E-state index in [4.69, 9.17) is 26.3 Å². The van der Waals surface area contributed by atoms with Crippen molar-refractivity contribution in [1.82, 2.24) is 9.97 Å². The third-order valence-electron chi connectivity index (χ3n) is 2.29. The fourth-order valence-electron chi connectivity index (χ4n) is 1.38. The van der Waals surface area contributed by atoms with E-state index in [1.807, 2.05) is 6.07 Å². The predicted octanol–water partition coefficient (Wildman–Crippen LogP) is 2.89. The Kier molecular flexibility index (Phi) is 4.16. The van der Waals surface area contributed by atoms with Gasteiger partial charge in [0.25, 0.3) is 0 Å². The molecule has 2 rings (SSSR count). The minimum Gasteiger partial charge on any atom is -0.497 e. The van der Waals surface area contributed by atoms with Crippen LogP contribution in [-0.2, 0) is 5.88 Å². The molecule has 2 aromatic rings. The van der Waals surface area contributed by atoms with Crippen LogP contribution in [0.1, 0.15) is 11.1 Å². The summed E-state index contributed by atoms with van der Waals surface area (Å²) in [5.41, 5.74) is 1.24. The van der Waals surface area contributed by atoms with Gasteiger partial charge in [0.15, 0.2) is 0 Å². The van der Waals surface area contributed by atoms with Crippen molar-refractivity contribution in [1.29, 1.82) is 5.26 Å². The van der Waals surface area contributed by atoms with Gasteiger partial charge in [-0.1, -0.05) is 0 Å². The molecule has 5 nitrogen and oxygen atoms in total. The molecular formula is C13H10ClN3O2. The highest BCUT2D eigenvalue weighted by molar-refractivity contribution is 6.17. The van der Waals surface area contributed by atoms with Gasteiger partial charge in [-0.2, -0.15) is 5.26 Å². The zero-order valence-electron chi connectivity index (χ0n) is 10.1. The lowest BCUT2D eigenvalue weighted by atomic mass is 10.2. The molecule has 1 aromatic heterocycles. The van der Waals surface area contributed by atoms with Crippen molar-refractivity contribution in [3.63, 3.8) is 0 Å². The van der Waals surface area contributed by atoms with Gasteiger partial charge in [-0.3, -0.25) is 0 Å². The number of methoxy groups -OCH3 is 1. The zero-order valence-corrected chi connectivity index (χ0v) is 10.9. The lowest BCUT2D eigenvalue weighted by molar-refractivity contribution is 0.404. The maximum absolute atomic E-state index is 8.91. The van der Waals surface area contributed by atoms with E-state index in [9.17, 15) is 0 Å². The van der Waals surface area contributed by atoms with Crippen LogP contribution < -0.4 is 9.47 Å². The van der Waals surface area contributed by atoms with Gasteiger partial charge in [-0.25, -0.2) is 9.97 Å². The highest BCUT2D eigenvalue weighted by atomic mass is 35.5. The van der Waals surface area contributed by atoms with Gasteiger partial charge in [-0.15, -0.1) is 11.6 Å². The molecule has 0 unspecified atom stereocenters. The molecular weight excluding hydrogens is 266 g/mol. The van der Waals surface area contributed by atoms with Crippen molar-refractivity contribution in [2.24, 2.45) is 0 Å². The number of benzene rings is 1. The quantitative estimate of drug-likeness (QED) is 0.803. The van der Waals surface area contributed by atoms with Crippen LogP contribution >= 0.6 is 11.6 Å². The van der Waals surface area contributed by atoms with Crippen molar-refractivity contribution in [2.45, 2.75) is 5.88 Å². The Bertz CT molecular complexity index is 608. The smallest absolute Gasteiger partial charge is 0.321 e. The second-order valence-corrected chi connectivity index (χ2v) is 3.89. The minimum absolute atomic E-state index is 0.186. The van der Waals surface area contributed by atoms with Gasteiger partial charge in [0, 0.05) is 24.0 Å². The van der Waals surface area contributed by atoms with Crippen LogP contribution in [0.5, 0.6) is 17.5 Å². The Morgan fingerprint density at radius 2 is 1.89 bits per heavy atom. The average molecular weight is 276 g/mol. The molecule has 0 N–H and O–H groups in total. The summed E-state index contributed by atoms with van der Waals surface area (Å²) in [7, 11) is 1.52. The SMILES string of the molecule is COc1cc(C#N)cc(Oc2ncc(CCl)cn2)c1. The van der Waals surface area contributed by atoms with Crippen molar-refractivity contribution in [3.8, 4) is 23.6 Å². The lowest BCUT2D eigenvalue weighted by Crippen LogP contribution is -1.94. The van der Waals surface area contributed by atoms with Crippen molar-refractivity contribution in [2.75, 3.05) is 7.11 Å². The van der Waals surface area contributed by atoms with E-state index < -0.39 is 0 Å². The Morgan fingerprint density at radius 1 is 1.21 bits per heavy atom. The van der Waals surface area contributed by atoms with Gasteiger partial charge in [0.05, 0.1) is 24.6 Å². The molecule has 0 spiro atoms. The number of nitrogens with zero attached hydrogens (tertiary/aromatic N) is 3. The Labute approximate surface area is 115 Å². The minimum atomic E-state index is 0.186. The summed E-state index contributed by atoms with van der Waals surface area (Å²) < 4.78 is 10.5. The first-order valence-corrected chi connectivity index (χ1v) is 5.92. The number of hydrogen-bond donors (Lipinski definition) is 0. The molecule has 0 fully saturated rings. The second kappa shape index (κ2) is 6.03. The summed E-state index contributed by atoms with van der Waals surface area (Å²) in [5, 5.41) is 8.91. The Balaban J connectivity index is 2.24. The average Bonchev–Trinajstić information content (AvgIpc) is 2.47. The van der Waals surface area contributed by atoms with Crippen LogP contribution in [0.4, 0.5) is 0 Å². The normalized spacial score (nSPS) is 9.74. The largest absolute Gasteiger partial charge is 0.497 e. The van der Waals surface area contributed by atoms with Crippen LogP contribution in [0, 0.1) is 11.3 Å². The maximum atomic E-state index is 8.91. The number of nitriles is 1. The van der Waals surface area contributed by atoms with Crippen LogP contribution in [-0.4, -0.2) is 17.1 Å². The predicted molar refractivity (Wildman–Crippen MR) is 69.4 cm³/mol. The van der Waals surface area contributed by atoms with E-state index in [2.05, 4.69) is 9.97 Å². The third kappa shape index (κ3) is 3.33. The molecule has 0 aliphatic rings. The molecule has 0 aliphatic heterocycles. The monoisotopic (exact) mass is 275 g/mol. The molecule has 0 bridgehead atoms. The first-order valence-electron chi connectivity index (χ1n) is 5.39. The van der Waals surface area contributed by atoms with Gasteiger partial charge >= 0.3 is 6.01 Å². The Hall–Kier alpha value is -2.32. The highest BCUT2D eigenvalue weighted by Crippen LogP contribution is 2.25. The van der Waals surface area contributed by atoms with Crippen molar-refractivity contribution >= 4 is 11.6 Å². The molecule has 1 aromatic carbocycles. The molecule has 0 amide bonds. The number of alkyl halides is 1. The molecule has 0 saturated carbocycles. The lowest BCUT2D eigenvalue weighted by Gasteiger charge is -2.06. The van der Waals surface area contributed by atoms with E-state index in [0.29, 0.717) is 22.9 Å². The second-order valence-electron chi connectivity index (χ2n) is 3.62. The maximum Gasteiger partial charge on any atom is 0.321 e. The molecule has 0 aliphatic carbocycles. The summed E-state index contributed by atoms with van der Waals surface area (Å²) in [6.07, 6.45) is 3.17. The topological polar surface area (TPSA) is 68.0 Å². The molecule has 1 heterocycles. The van der Waals surface area contributed by atoms with Crippen molar-refractivity contribution in [3.05, 3.63) is 41.7 Å². The number of rotatable bonds is 4. The highest BCUT2D eigenvalue weighted by Gasteiger charge is 2.05. The first kappa shape index (κ1) is 13.1. The van der Waals surface area contributed by atoms with E-state index in [-0.39, 0.29) is 6.01 Å². The molecule has 96 valence electrons. The molecule has 6 heteroatoms. The molecule has 19 heavy (non-hydrogen) atoms. The van der Waals surface area contributed by atoms with Crippen molar-refractivity contribution < 1.29 is 9.47 Å². The fraction of sp³-hybridized carbons (Fsp3) is 0.154. The summed E-state index contributed by atoms with van der Waals surface area (Å²) in [6.45, 7) is 0. The van der Waals surface area contributed by atoms with Gasteiger partial charge < -0.3 is 9.47 Å². The fourth-order valence-corrected chi connectivity index (χ4v) is 1.52. The van der Waals surface area contributed by atoms with E-state index >= 15 is 0 Å². The number of aromatic nitrogens is 2. The van der Waals surface area contributed by atoms with E-state index in [1.165, 1.54) is 7.11 Å².